The molecule has 1 atom stereocenters. The Morgan fingerprint density at radius 2 is 1.92 bits per heavy atom. The molecule has 0 radical (unpaired) electrons. The maximum atomic E-state index is 12.4. The van der Waals surface area contributed by atoms with Crippen LogP contribution in [0.5, 0.6) is 0 Å². The molecule has 1 amide bonds. The normalized spacial score (nSPS) is 18.2. The second kappa shape index (κ2) is 7.93. The van der Waals surface area contributed by atoms with Crippen molar-refractivity contribution in [2.75, 3.05) is 26.2 Å². The van der Waals surface area contributed by atoms with Crippen LogP contribution < -0.4 is 5.73 Å². The van der Waals surface area contributed by atoms with Gasteiger partial charge >= 0.3 is 0 Å². The SMILES string of the molecule is CC(C)C[C@H](N)C(=O)N1CCN(Cc2csc(C(C)(C)C)n2)CC1. The Hall–Kier alpha value is -0.980. The van der Waals surface area contributed by atoms with Gasteiger partial charge in [-0.3, -0.25) is 9.69 Å². The number of nitrogens with two attached hydrogens (primary N) is 1. The molecule has 136 valence electrons. The molecule has 1 aromatic heterocycles. The molecule has 5 nitrogen and oxygen atoms in total. The van der Waals surface area contributed by atoms with Crippen LogP contribution in [-0.4, -0.2) is 52.9 Å². The summed E-state index contributed by atoms with van der Waals surface area (Å²) in [5.41, 5.74) is 7.29. The van der Waals surface area contributed by atoms with E-state index in [0.717, 1.165) is 44.8 Å². The predicted molar refractivity (Wildman–Crippen MR) is 100 cm³/mol. The number of carbonyl (C=O) groups excluding carboxylic acids is 1. The zero-order chi connectivity index (χ0) is 17.9. The molecule has 0 unspecified atom stereocenters. The maximum absolute atomic E-state index is 12.4. The number of aromatic nitrogens is 1. The van der Waals surface area contributed by atoms with E-state index < -0.39 is 0 Å². The maximum Gasteiger partial charge on any atom is 0.239 e. The highest BCUT2D eigenvalue weighted by molar-refractivity contribution is 7.09. The average Bonchev–Trinajstić information content (AvgIpc) is 2.95. The third-order valence-electron chi connectivity index (χ3n) is 4.31. The molecule has 0 bridgehead atoms. The van der Waals surface area contributed by atoms with E-state index in [2.05, 4.69) is 44.9 Å². The van der Waals surface area contributed by atoms with Crippen molar-refractivity contribution in [1.82, 2.24) is 14.8 Å². The minimum atomic E-state index is -0.357. The van der Waals surface area contributed by atoms with E-state index in [4.69, 9.17) is 10.7 Å². The average molecular weight is 353 g/mol. The molecule has 24 heavy (non-hydrogen) atoms. The number of rotatable bonds is 5. The topological polar surface area (TPSA) is 62.5 Å². The molecule has 6 heteroatoms. The van der Waals surface area contributed by atoms with Gasteiger partial charge in [-0.15, -0.1) is 11.3 Å². The molecule has 0 aliphatic carbocycles. The molecule has 1 aliphatic rings. The van der Waals surface area contributed by atoms with Crippen molar-refractivity contribution in [3.05, 3.63) is 16.1 Å². The quantitative estimate of drug-likeness (QED) is 0.884. The number of piperazine rings is 1. The molecule has 0 spiro atoms. The van der Waals surface area contributed by atoms with Crippen LogP contribution in [0.1, 0.15) is 51.7 Å². The van der Waals surface area contributed by atoms with Crippen LogP contribution in [0.3, 0.4) is 0 Å². The Morgan fingerprint density at radius 1 is 1.29 bits per heavy atom. The van der Waals surface area contributed by atoms with Crippen molar-refractivity contribution in [1.29, 1.82) is 0 Å². The molecule has 1 aliphatic heterocycles. The summed E-state index contributed by atoms with van der Waals surface area (Å²) in [7, 11) is 0. The Morgan fingerprint density at radius 3 is 2.42 bits per heavy atom. The fourth-order valence-corrected chi connectivity index (χ4v) is 3.82. The molecular formula is C18H32N4OS. The van der Waals surface area contributed by atoms with E-state index in [1.807, 2.05) is 4.90 Å². The molecule has 2 heterocycles. The van der Waals surface area contributed by atoms with Gasteiger partial charge in [0.05, 0.1) is 16.7 Å². The zero-order valence-electron chi connectivity index (χ0n) is 15.7. The molecule has 0 aromatic carbocycles. The van der Waals surface area contributed by atoms with E-state index in [1.54, 1.807) is 11.3 Å². The second-order valence-corrected chi connectivity index (χ2v) is 9.09. The first-order valence-corrected chi connectivity index (χ1v) is 9.76. The number of amides is 1. The Kier molecular flexibility index (Phi) is 6.39. The summed E-state index contributed by atoms with van der Waals surface area (Å²) in [4.78, 5) is 21.4. The number of hydrogen-bond acceptors (Lipinski definition) is 5. The van der Waals surface area contributed by atoms with E-state index >= 15 is 0 Å². The van der Waals surface area contributed by atoms with E-state index in [1.165, 1.54) is 5.01 Å². The second-order valence-electron chi connectivity index (χ2n) is 8.23. The highest BCUT2D eigenvalue weighted by atomic mass is 32.1. The van der Waals surface area contributed by atoms with Gasteiger partial charge < -0.3 is 10.6 Å². The number of carbonyl (C=O) groups is 1. The number of nitrogens with zero attached hydrogens (tertiary/aromatic N) is 3. The summed E-state index contributed by atoms with van der Waals surface area (Å²) in [5, 5.41) is 3.35. The van der Waals surface area contributed by atoms with Gasteiger partial charge in [0.25, 0.3) is 0 Å². The predicted octanol–water partition coefficient (Wildman–Crippen LogP) is 2.46. The lowest BCUT2D eigenvalue weighted by atomic mass is 9.98. The van der Waals surface area contributed by atoms with Gasteiger partial charge in [0.2, 0.25) is 5.91 Å². The molecule has 2 rings (SSSR count). The van der Waals surface area contributed by atoms with Crippen LogP contribution in [0.2, 0.25) is 0 Å². The fraction of sp³-hybridized carbons (Fsp3) is 0.778. The molecule has 2 N–H and O–H groups in total. The van der Waals surface area contributed by atoms with Crippen molar-refractivity contribution in [3.63, 3.8) is 0 Å². The van der Waals surface area contributed by atoms with Gasteiger partial charge in [-0.25, -0.2) is 4.98 Å². The molecule has 0 saturated carbocycles. The van der Waals surface area contributed by atoms with Gasteiger partial charge in [0, 0.05) is 43.5 Å². The summed E-state index contributed by atoms with van der Waals surface area (Å²) in [6.45, 7) is 15.0. The Balaban J connectivity index is 1.82. The van der Waals surface area contributed by atoms with E-state index in [0.29, 0.717) is 5.92 Å². The van der Waals surface area contributed by atoms with Crippen molar-refractivity contribution in [2.24, 2.45) is 11.7 Å². The van der Waals surface area contributed by atoms with Gasteiger partial charge in [-0.05, 0) is 12.3 Å². The van der Waals surface area contributed by atoms with Gasteiger partial charge in [0.1, 0.15) is 0 Å². The van der Waals surface area contributed by atoms with Crippen molar-refractivity contribution >= 4 is 17.2 Å². The van der Waals surface area contributed by atoms with Crippen LogP contribution >= 0.6 is 11.3 Å². The summed E-state index contributed by atoms with van der Waals surface area (Å²) >= 11 is 1.74. The van der Waals surface area contributed by atoms with Crippen LogP contribution in [0, 0.1) is 5.92 Å². The standard InChI is InChI=1S/C18H32N4OS/c1-13(2)10-15(19)16(23)22-8-6-21(7-9-22)11-14-12-24-17(20-14)18(3,4)5/h12-13,15H,6-11,19H2,1-5H3/t15-/m0/s1. The summed E-state index contributed by atoms with van der Waals surface area (Å²) in [5.74, 6) is 0.555. The largest absolute Gasteiger partial charge is 0.339 e. The van der Waals surface area contributed by atoms with Crippen molar-refractivity contribution in [3.8, 4) is 0 Å². The van der Waals surface area contributed by atoms with Crippen LogP contribution in [0.15, 0.2) is 5.38 Å². The van der Waals surface area contributed by atoms with E-state index in [-0.39, 0.29) is 17.4 Å². The summed E-state index contributed by atoms with van der Waals surface area (Å²) < 4.78 is 0. The van der Waals surface area contributed by atoms with E-state index in [9.17, 15) is 4.79 Å². The Labute approximate surface area is 150 Å². The zero-order valence-corrected chi connectivity index (χ0v) is 16.5. The fourth-order valence-electron chi connectivity index (χ4n) is 2.92. The smallest absolute Gasteiger partial charge is 0.239 e. The molecular weight excluding hydrogens is 320 g/mol. The monoisotopic (exact) mass is 352 g/mol. The number of thiazole rings is 1. The lowest BCUT2D eigenvalue weighted by Crippen LogP contribution is -2.53. The first-order valence-electron chi connectivity index (χ1n) is 8.88. The lowest BCUT2D eigenvalue weighted by Gasteiger charge is -2.35. The summed E-state index contributed by atoms with van der Waals surface area (Å²) in [6, 6.07) is -0.357. The minimum Gasteiger partial charge on any atom is -0.339 e. The number of hydrogen-bond donors (Lipinski definition) is 1. The molecule has 1 saturated heterocycles. The highest BCUT2D eigenvalue weighted by Crippen LogP contribution is 2.26. The van der Waals surface area contributed by atoms with Gasteiger partial charge in [-0.2, -0.15) is 0 Å². The minimum absolute atomic E-state index is 0.104. The van der Waals surface area contributed by atoms with Gasteiger partial charge in [-0.1, -0.05) is 34.6 Å². The Bertz CT molecular complexity index is 541. The molecule has 1 aromatic rings. The van der Waals surface area contributed by atoms with Crippen LogP contribution in [-0.2, 0) is 16.8 Å². The third kappa shape index (κ3) is 5.26. The van der Waals surface area contributed by atoms with Crippen molar-refractivity contribution < 1.29 is 4.79 Å². The summed E-state index contributed by atoms with van der Waals surface area (Å²) in [6.07, 6.45) is 0.757. The molecule has 1 fully saturated rings. The lowest BCUT2D eigenvalue weighted by molar-refractivity contribution is -0.134. The third-order valence-corrected chi connectivity index (χ3v) is 5.62. The van der Waals surface area contributed by atoms with Crippen LogP contribution in [0.4, 0.5) is 0 Å². The highest BCUT2D eigenvalue weighted by Gasteiger charge is 2.26. The van der Waals surface area contributed by atoms with Crippen molar-refractivity contribution in [2.45, 2.75) is 59.0 Å². The first-order chi connectivity index (χ1) is 11.2. The first kappa shape index (κ1) is 19.3. The van der Waals surface area contributed by atoms with Gasteiger partial charge in [0.15, 0.2) is 0 Å². The van der Waals surface area contributed by atoms with Crippen LogP contribution in [0.25, 0.3) is 0 Å².